The lowest BCUT2D eigenvalue weighted by Gasteiger charge is -2.14. The number of nitrogens with one attached hydrogen (secondary N) is 1. The van der Waals surface area contributed by atoms with Crippen LogP contribution in [0.2, 0.25) is 0 Å². The first-order chi connectivity index (χ1) is 13.6. The molecule has 0 aromatic heterocycles. The molecule has 28 heavy (non-hydrogen) atoms. The van der Waals surface area contributed by atoms with Crippen molar-refractivity contribution in [3.8, 4) is 5.75 Å². The second kappa shape index (κ2) is 9.37. The summed E-state index contributed by atoms with van der Waals surface area (Å²) in [6, 6.07) is 16.8. The van der Waals surface area contributed by atoms with Crippen molar-refractivity contribution in [1.82, 2.24) is 5.32 Å². The van der Waals surface area contributed by atoms with Crippen molar-refractivity contribution in [2.75, 3.05) is 13.7 Å². The SMILES string of the molecule is COCCC(NC(=O)C1CC1c1ccc(OCc2ccccc2)cc1)C(=O)O. The molecule has 2 N–H and O–H groups in total. The van der Waals surface area contributed by atoms with Gasteiger partial charge in [-0.2, -0.15) is 0 Å². The Hall–Kier alpha value is -2.86. The number of carboxylic acids is 1. The Morgan fingerprint density at radius 3 is 2.50 bits per heavy atom. The number of ether oxygens (including phenoxy) is 2. The number of benzene rings is 2. The van der Waals surface area contributed by atoms with E-state index in [1.165, 1.54) is 7.11 Å². The Bertz CT molecular complexity index is 790. The number of carbonyl (C=O) groups excluding carboxylic acids is 1. The predicted molar refractivity (Wildman–Crippen MR) is 104 cm³/mol. The average molecular weight is 383 g/mol. The lowest BCUT2D eigenvalue weighted by molar-refractivity contribution is -0.142. The van der Waals surface area contributed by atoms with Crippen LogP contribution in [0.15, 0.2) is 54.6 Å². The number of carbonyl (C=O) groups is 2. The Balaban J connectivity index is 1.50. The molecule has 0 bridgehead atoms. The molecule has 6 heteroatoms. The summed E-state index contributed by atoms with van der Waals surface area (Å²) in [5.41, 5.74) is 2.17. The number of rotatable bonds is 10. The topological polar surface area (TPSA) is 84.9 Å². The van der Waals surface area contributed by atoms with E-state index in [2.05, 4.69) is 5.32 Å². The van der Waals surface area contributed by atoms with Crippen molar-refractivity contribution in [3.63, 3.8) is 0 Å². The van der Waals surface area contributed by atoms with Crippen LogP contribution >= 0.6 is 0 Å². The van der Waals surface area contributed by atoms with Gasteiger partial charge in [-0.1, -0.05) is 42.5 Å². The molecule has 1 saturated carbocycles. The molecule has 2 aromatic carbocycles. The molecule has 148 valence electrons. The number of hydrogen-bond acceptors (Lipinski definition) is 4. The van der Waals surface area contributed by atoms with Gasteiger partial charge in [-0.3, -0.25) is 4.79 Å². The van der Waals surface area contributed by atoms with Crippen molar-refractivity contribution >= 4 is 11.9 Å². The zero-order valence-corrected chi connectivity index (χ0v) is 15.8. The van der Waals surface area contributed by atoms with Gasteiger partial charge < -0.3 is 19.9 Å². The highest BCUT2D eigenvalue weighted by Gasteiger charge is 2.44. The number of methoxy groups -OCH3 is 1. The average Bonchev–Trinajstić information content (AvgIpc) is 3.51. The molecular formula is C22H25NO5. The molecule has 2 aromatic rings. The molecule has 6 nitrogen and oxygen atoms in total. The predicted octanol–water partition coefficient (Wildman–Crippen LogP) is 2.98. The van der Waals surface area contributed by atoms with Gasteiger partial charge in [-0.05, 0) is 35.6 Å². The molecule has 0 saturated heterocycles. The quantitative estimate of drug-likeness (QED) is 0.659. The van der Waals surface area contributed by atoms with Crippen LogP contribution in [0, 0.1) is 5.92 Å². The van der Waals surface area contributed by atoms with E-state index in [1.54, 1.807) is 0 Å². The van der Waals surface area contributed by atoms with Crippen LogP contribution in [-0.4, -0.2) is 36.7 Å². The van der Waals surface area contributed by atoms with E-state index in [1.807, 2.05) is 54.6 Å². The first-order valence-corrected chi connectivity index (χ1v) is 9.37. The summed E-state index contributed by atoms with van der Waals surface area (Å²) in [6.07, 6.45) is 0.981. The maximum absolute atomic E-state index is 12.4. The molecule has 1 amide bonds. The Kier molecular flexibility index (Phi) is 6.66. The monoisotopic (exact) mass is 383 g/mol. The van der Waals surface area contributed by atoms with Gasteiger partial charge in [0, 0.05) is 26.1 Å². The van der Waals surface area contributed by atoms with E-state index in [0.29, 0.717) is 6.61 Å². The van der Waals surface area contributed by atoms with E-state index in [4.69, 9.17) is 9.47 Å². The molecule has 0 spiro atoms. The number of amides is 1. The summed E-state index contributed by atoms with van der Waals surface area (Å²) in [6.45, 7) is 0.794. The summed E-state index contributed by atoms with van der Waals surface area (Å²) < 4.78 is 10.7. The highest BCUT2D eigenvalue weighted by atomic mass is 16.5. The van der Waals surface area contributed by atoms with Crippen molar-refractivity contribution in [1.29, 1.82) is 0 Å². The standard InChI is InChI=1S/C22H25NO5/c1-27-12-11-20(22(25)26)23-21(24)19-13-18(19)16-7-9-17(10-8-16)28-14-15-5-3-2-4-6-15/h2-10,18-20H,11-14H2,1H3,(H,23,24)(H,25,26). The Morgan fingerprint density at radius 2 is 1.86 bits per heavy atom. The van der Waals surface area contributed by atoms with Crippen molar-refractivity contribution in [3.05, 3.63) is 65.7 Å². The first-order valence-electron chi connectivity index (χ1n) is 9.37. The molecule has 1 aliphatic rings. The van der Waals surface area contributed by atoms with Gasteiger partial charge in [0.15, 0.2) is 0 Å². The van der Waals surface area contributed by atoms with Gasteiger partial charge >= 0.3 is 5.97 Å². The summed E-state index contributed by atoms with van der Waals surface area (Å²) >= 11 is 0. The third kappa shape index (κ3) is 5.33. The fourth-order valence-corrected chi connectivity index (χ4v) is 3.18. The minimum absolute atomic E-state index is 0.125. The lowest BCUT2D eigenvalue weighted by Crippen LogP contribution is -2.42. The third-order valence-corrected chi connectivity index (χ3v) is 4.91. The van der Waals surface area contributed by atoms with Crippen LogP contribution in [0.4, 0.5) is 0 Å². The molecule has 1 aliphatic carbocycles. The van der Waals surface area contributed by atoms with Crippen molar-refractivity contribution in [2.45, 2.75) is 31.4 Å². The van der Waals surface area contributed by atoms with Crippen molar-refractivity contribution in [2.24, 2.45) is 5.92 Å². The van der Waals surface area contributed by atoms with Crippen molar-refractivity contribution < 1.29 is 24.2 Å². The van der Waals surface area contributed by atoms with Crippen LogP contribution in [0.5, 0.6) is 5.75 Å². The molecule has 3 unspecified atom stereocenters. The van der Waals surface area contributed by atoms with E-state index in [9.17, 15) is 14.7 Å². The molecule has 0 radical (unpaired) electrons. The number of hydrogen-bond donors (Lipinski definition) is 2. The van der Waals surface area contributed by atoms with E-state index >= 15 is 0 Å². The molecule has 3 rings (SSSR count). The molecule has 1 fully saturated rings. The van der Waals surface area contributed by atoms with Gasteiger partial charge in [0.25, 0.3) is 0 Å². The van der Waals surface area contributed by atoms with Crippen LogP contribution in [0.25, 0.3) is 0 Å². The largest absolute Gasteiger partial charge is 0.489 e. The fourth-order valence-electron chi connectivity index (χ4n) is 3.18. The van der Waals surface area contributed by atoms with Crippen LogP contribution in [-0.2, 0) is 20.9 Å². The summed E-state index contributed by atoms with van der Waals surface area (Å²) in [4.78, 5) is 23.6. The van der Waals surface area contributed by atoms with Gasteiger partial charge in [0.1, 0.15) is 18.4 Å². The maximum Gasteiger partial charge on any atom is 0.326 e. The zero-order chi connectivity index (χ0) is 19.9. The second-order valence-corrected chi connectivity index (χ2v) is 6.97. The summed E-state index contributed by atoms with van der Waals surface area (Å²) in [5.74, 6) is -0.527. The normalized spacial score (nSPS) is 18.9. The summed E-state index contributed by atoms with van der Waals surface area (Å²) in [5, 5.41) is 11.8. The molecule has 3 atom stereocenters. The number of carboxylic acid groups (broad SMARTS) is 1. The Morgan fingerprint density at radius 1 is 1.14 bits per heavy atom. The number of aliphatic carboxylic acids is 1. The minimum Gasteiger partial charge on any atom is -0.489 e. The van der Waals surface area contributed by atoms with Gasteiger partial charge in [-0.15, -0.1) is 0 Å². The smallest absolute Gasteiger partial charge is 0.326 e. The lowest BCUT2D eigenvalue weighted by atomic mass is 10.1. The van der Waals surface area contributed by atoms with Gasteiger partial charge in [0.2, 0.25) is 5.91 Å². The van der Waals surface area contributed by atoms with E-state index in [-0.39, 0.29) is 30.8 Å². The zero-order valence-electron chi connectivity index (χ0n) is 15.8. The minimum atomic E-state index is -1.04. The van der Waals surface area contributed by atoms with Crippen LogP contribution in [0.1, 0.15) is 29.9 Å². The van der Waals surface area contributed by atoms with E-state index < -0.39 is 12.0 Å². The maximum atomic E-state index is 12.4. The van der Waals surface area contributed by atoms with Gasteiger partial charge in [-0.25, -0.2) is 4.79 Å². The van der Waals surface area contributed by atoms with Crippen LogP contribution < -0.4 is 10.1 Å². The highest BCUT2D eigenvalue weighted by molar-refractivity contribution is 5.87. The summed E-state index contributed by atoms with van der Waals surface area (Å²) in [7, 11) is 1.50. The van der Waals surface area contributed by atoms with E-state index in [0.717, 1.165) is 23.3 Å². The molecular weight excluding hydrogens is 358 g/mol. The first kappa shape index (κ1) is 19.9. The second-order valence-electron chi connectivity index (χ2n) is 6.97. The fraction of sp³-hybridized carbons (Fsp3) is 0.364. The Labute approximate surface area is 164 Å². The molecule has 0 aliphatic heterocycles. The highest BCUT2D eigenvalue weighted by Crippen LogP contribution is 2.47. The third-order valence-electron chi connectivity index (χ3n) is 4.91. The van der Waals surface area contributed by atoms with Gasteiger partial charge in [0.05, 0.1) is 0 Å². The molecule has 0 heterocycles. The van der Waals surface area contributed by atoms with Crippen LogP contribution in [0.3, 0.4) is 0 Å².